The Kier molecular flexibility index (Phi) is 5.76. The molecule has 1 amide bonds. The molecule has 3 rings (SSSR count). The predicted molar refractivity (Wildman–Crippen MR) is 102 cm³/mol. The van der Waals surface area contributed by atoms with Gasteiger partial charge in [-0.2, -0.15) is 0 Å². The molecule has 2 aromatic rings. The minimum Gasteiger partial charge on any atom is -0.454 e. The first-order valence-electron chi connectivity index (χ1n) is 8.66. The first kappa shape index (κ1) is 18.5. The Morgan fingerprint density at radius 2 is 1.93 bits per heavy atom. The van der Waals surface area contributed by atoms with Crippen LogP contribution < -0.4 is 14.8 Å². The van der Waals surface area contributed by atoms with E-state index in [1.165, 1.54) is 6.08 Å². The molecule has 0 aromatic heterocycles. The second kappa shape index (κ2) is 8.40. The van der Waals surface area contributed by atoms with Crippen LogP contribution in [-0.2, 0) is 14.3 Å². The minimum absolute atomic E-state index is 0.194. The molecule has 0 atom stereocenters. The molecule has 1 heterocycles. The third-order valence-electron chi connectivity index (χ3n) is 4.01. The number of amides is 1. The van der Waals surface area contributed by atoms with Crippen molar-refractivity contribution in [2.45, 2.75) is 19.8 Å². The number of fused-ring (bicyclic) bond motifs is 1. The lowest BCUT2D eigenvalue weighted by molar-refractivity contribution is -0.142. The van der Waals surface area contributed by atoms with E-state index in [1.54, 1.807) is 24.3 Å². The summed E-state index contributed by atoms with van der Waals surface area (Å²) in [4.78, 5) is 23.9. The van der Waals surface area contributed by atoms with E-state index in [4.69, 9.17) is 14.2 Å². The maximum Gasteiger partial charge on any atom is 0.331 e. The lowest BCUT2D eigenvalue weighted by Gasteiger charge is -2.13. The van der Waals surface area contributed by atoms with E-state index in [2.05, 4.69) is 5.32 Å². The zero-order valence-corrected chi connectivity index (χ0v) is 15.2. The van der Waals surface area contributed by atoms with Crippen LogP contribution >= 0.6 is 0 Å². The first-order chi connectivity index (χ1) is 13.0. The lowest BCUT2D eigenvalue weighted by Crippen LogP contribution is -2.21. The Morgan fingerprint density at radius 1 is 1.15 bits per heavy atom. The summed E-state index contributed by atoms with van der Waals surface area (Å²) in [6.45, 7) is 3.94. The van der Waals surface area contributed by atoms with Gasteiger partial charge in [-0.1, -0.05) is 38.1 Å². The van der Waals surface area contributed by atoms with Gasteiger partial charge in [0, 0.05) is 11.8 Å². The van der Waals surface area contributed by atoms with E-state index < -0.39 is 5.97 Å². The number of benzene rings is 2. The van der Waals surface area contributed by atoms with Crippen LogP contribution in [0.1, 0.15) is 30.9 Å². The van der Waals surface area contributed by atoms with Crippen molar-refractivity contribution in [2.24, 2.45) is 0 Å². The summed E-state index contributed by atoms with van der Waals surface area (Å²) in [6, 6.07) is 12.9. The normalized spacial score (nSPS) is 12.4. The molecule has 1 N–H and O–H groups in total. The van der Waals surface area contributed by atoms with E-state index in [1.807, 2.05) is 38.1 Å². The summed E-state index contributed by atoms with van der Waals surface area (Å²) < 4.78 is 15.5. The zero-order chi connectivity index (χ0) is 19.2. The Labute approximate surface area is 157 Å². The number of carbonyl (C=O) groups is 2. The maximum atomic E-state index is 12.1. The Bertz CT molecular complexity index is 873. The molecule has 0 saturated carbocycles. The third-order valence-corrected chi connectivity index (χ3v) is 4.01. The van der Waals surface area contributed by atoms with Crippen LogP contribution in [0.15, 0.2) is 48.5 Å². The minimum atomic E-state index is -0.597. The fourth-order valence-corrected chi connectivity index (χ4v) is 2.67. The summed E-state index contributed by atoms with van der Waals surface area (Å²) in [6.07, 6.45) is 2.86. The molecule has 27 heavy (non-hydrogen) atoms. The van der Waals surface area contributed by atoms with E-state index in [9.17, 15) is 9.59 Å². The molecule has 2 aromatic carbocycles. The van der Waals surface area contributed by atoms with Crippen LogP contribution in [0.4, 0.5) is 5.69 Å². The number of hydrogen-bond donors (Lipinski definition) is 1. The van der Waals surface area contributed by atoms with Crippen molar-refractivity contribution >= 4 is 23.6 Å². The number of carbonyl (C=O) groups excluding carboxylic acids is 2. The highest BCUT2D eigenvalue weighted by Gasteiger charge is 2.13. The number of esters is 1. The Hall–Kier alpha value is -3.28. The molecule has 6 nitrogen and oxygen atoms in total. The molecule has 0 unspecified atom stereocenters. The third kappa shape index (κ3) is 4.88. The number of anilines is 1. The molecule has 140 valence electrons. The summed E-state index contributed by atoms with van der Waals surface area (Å²) in [7, 11) is 0. The molecule has 6 heteroatoms. The highest BCUT2D eigenvalue weighted by atomic mass is 16.7. The van der Waals surface area contributed by atoms with Crippen molar-refractivity contribution in [3.63, 3.8) is 0 Å². The molecule has 0 radical (unpaired) electrons. The van der Waals surface area contributed by atoms with E-state index in [-0.39, 0.29) is 25.2 Å². The molecular weight excluding hydrogens is 346 g/mol. The molecule has 0 aliphatic carbocycles. The van der Waals surface area contributed by atoms with Gasteiger partial charge >= 0.3 is 5.97 Å². The largest absolute Gasteiger partial charge is 0.454 e. The highest BCUT2D eigenvalue weighted by Crippen LogP contribution is 2.32. The zero-order valence-electron chi connectivity index (χ0n) is 15.2. The topological polar surface area (TPSA) is 73.9 Å². The quantitative estimate of drug-likeness (QED) is 0.622. The smallest absolute Gasteiger partial charge is 0.331 e. The SMILES string of the molecule is CC(C)c1ccccc1NC(=O)COC(=O)/C=C/c1ccc2c(c1)OCO2. The van der Waals surface area contributed by atoms with Gasteiger partial charge in [0.05, 0.1) is 0 Å². The van der Waals surface area contributed by atoms with Crippen molar-refractivity contribution < 1.29 is 23.8 Å². The molecular formula is C21H21NO5. The summed E-state index contributed by atoms with van der Waals surface area (Å²) >= 11 is 0. The highest BCUT2D eigenvalue weighted by molar-refractivity contribution is 5.95. The van der Waals surface area contributed by atoms with Crippen molar-refractivity contribution in [3.05, 3.63) is 59.7 Å². The maximum absolute atomic E-state index is 12.1. The van der Waals surface area contributed by atoms with Gasteiger partial charge in [0.25, 0.3) is 5.91 Å². The molecule has 0 saturated heterocycles. The standard InChI is InChI=1S/C21H21NO5/c1-14(2)16-5-3-4-6-17(16)22-20(23)12-25-21(24)10-8-15-7-9-18-19(11-15)27-13-26-18/h3-11,14H,12-13H2,1-2H3,(H,22,23)/b10-8+. The van der Waals surface area contributed by atoms with Crippen LogP contribution in [0.3, 0.4) is 0 Å². The van der Waals surface area contributed by atoms with Gasteiger partial charge in [-0.15, -0.1) is 0 Å². The monoisotopic (exact) mass is 367 g/mol. The molecule has 1 aliphatic heterocycles. The average molecular weight is 367 g/mol. The summed E-state index contributed by atoms with van der Waals surface area (Å²) in [5, 5.41) is 2.78. The number of para-hydroxylation sites is 1. The van der Waals surface area contributed by atoms with Gasteiger partial charge in [-0.25, -0.2) is 4.79 Å². The van der Waals surface area contributed by atoms with Crippen LogP contribution in [-0.4, -0.2) is 25.3 Å². The Balaban J connectivity index is 1.51. The van der Waals surface area contributed by atoms with Crippen molar-refractivity contribution in [1.82, 2.24) is 0 Å². The lowest BCUT2D eigenvalue weighted by atomic mass is 10.0. The van der Waals surface area contributed by atoms with Gasteiger partial charge in [-0.3, -0.25) is 4.79 Å². The van der Waals surface area contributed by atoms with Crippen molar-refractivity contribution in [3.8, 4) is 11.5 Å². The second-order valence-corrected chi connectivity index (χ2v) is 6.34. The first-order valence-corrected chi connectivity index (χ1v) is 8.66. The van der Waals surface area contributed by atoms with Gasteiger partial charge in [0.1, 0.15) is 0 Å². The van der Waals surface area contributed by atoms with Gasteiger partial charge < -0.3 is 19.5 Å². The van der Waals surface area contributed by atoms with Gasteiger partial charge in [-0.05, 0) is 41.3 Å². The number of hydrogen-bond acceptors (Lipinski definition) is 5. The second-order valence-electron chi connectivity index (χ2n) is 6.34. The van der Waals surface area contributed by atoms with Crippen molar-refractivity contribution in [2.75, 3.05) is 18.7 Å². The van der Waals surface area contributed by atoms with E-state index >= 15 is 0 Å². The summed E-state index contributed by atoms with van der Waals surface area (Å²) in [5.74, 6) is 0.600. The van der Waals surface area contributed by atoms with Crippen LogP contribution in [0.2, 0.25) is 0 Å². The number of ether oxygens (including phenoxy) is 3. The van der Waals surface area contributed by atoms with E-state index in [0.29, 0.717) is 11.5 Å². The number of nitrogens with one attached hydrogen (secondary N) is 1. The molecule has 0 bridgehead atoms. The van der Waals surface area contributed by atoms with Gasteiger partial charge in [0.2, 0.25) is 6.79 Å². The van der Waals surface area contributed by atoms with Crippen LogP contribution in [0.25, 0.3) is 6.08 Å². The van der Waals surface area contributed by atoms with Crippen molar-refractivity contribution in [1.29, 1.82) is 0 Å². The fraction of sp³-hybridized carbons (Fsp3) is 0.238. The molecule has 1 aliphatic rings. The average Bonchev–Trinajstić information content (AvgIpc) is 3.12. The van der Waals surface area contributed by atoms with Crippen LogP contribution in [0.5, 0.6) is 11.5 Å². The molecule has 0 fully saturated rings. The predicted octanol–water partition coefficient (Wildman–Crippen LogP) is 3.73. The van der Waals surface area contributed by atoms with E-state index in [0.717, 1.165) is 16.8 Å². The molecule has 0 spiro atoms. The fourth-order valence-electron chi connectivity index (χ4n) is 2.67. The summed E-state index contributed by atoms with van der Waals surface area (Å²) in [5.41, 5.74) is 2.52. The van der Waals surface area contributed by atoms with Crippen LogP contribution in [0, 0.1) is 0 Å². The Morgan fingerprint density at radius 3 is 2.74 bits per heavy atom. The van der Waals surface area contributed by atoms with Gasteiger partial charge in [0.15, 0.2) is 18.1 Å². The number of rotatable bonds is 6.